The Hall–Kier alpha value is -2.08. The van der Waals surface area contributed by atoms with E-state index >= 15 is 0 Å². The number of fused-ring (bicyclic) bond motifs is 1. The average Bonchev–Trinajstić information content (AvgIpc) is 2.73. The Kier molecular flexibility index (Phi) is 3.10. The highest BCUT2D eigenvalue weighted by Crippen LogP contribution is 2.36. The maximum absolute atomic E-state index is 13.2. The summed E-state index contributed by atoms with van der Waals surface area (Å²) in [6.07, 6.45) is 0.321. The van der Waals surface area contributed by atoms with Crippen LogP contribution in [-0.4, -0.2) is 5.91 Å². The third kappa shape index (κ3) is 2.34. The van der Waals surface area contributed by atoms with Gasteiger partial charge in [-0.15, -0.1) is 0 Å². The van der Waals surface area contributed by atoms with Crippen molar-refractivity contribution in [3.63, 3.8) is 0 Å². The molecule has 3 rings (SSSR count). The molecule has 4 nitrogen and oxygen atoms in total. The van der Waals surface area contributed by atoms with Crippen molar-refractivity contribution in [2.75, 3.05) is 11.1 Å². The zero-order valence-corrected chi connectivity index (χ0v) is 11.8. The summed E-state index contributed by atoms with van der Waals surface area (Å²) in [6.45, 7) is 0. The number of rotatable bonds is 2. The molecule has 0 atom stereocenters. The van der Waals surface area contributed by atoms with Crippen LogP contribution in [0.2, 0.25) is 0 Å². The number of benzene rings is 2. The minimum absolute atomic E-state index is 0.0684. The summed E-state index contributed by atoms with van der Waals surface area (Å²) < 4.78 is 19.1. The number of anilines is 2. The van der Waals surface area contributed by atoms with Gasteiger partial charge in [0.15, 0.2) is 5.75 Å². The molecule has 0 saturated carbocycles. The van der Waals surface area contributed by atoms with Gasteiger partial charge in [-0.3, -0.25) is 4.79 Å². The third-order valence-electron chi connectivity index (χ3n) is 2.98. The van der Waals surface area contributed by atoms with Gasteiger partial charge in [0.1, 0.15) is 11.6 Å². The van der Waals surface area contributed by atoms with Crippen LogP contribution in [0.25, 0.3) is 0 Å². The molecule has 102 valence electrons. The third-order valence-corrected chi connectivity index (χ3v) is 3.59. The van der Waals surface area contributed by atoms with Crippen LogP contribution < -0.4 is 15.8 Å². The number of carbonyl (C=O) groups is 1. The molecule has 3 N–H and O–H groups in total. The van der Waals surface area contributed by atoms with E-state index in [2.05, 4.69) is 21.2 Å². The van der Waals surface area contributed by atoms with Crippen LogP contribution in [0.4, 0.5) is 15.8 Å². The van der Waals surface area contributed by atoms with Gasteiger partial charge in [0.25, 0.3) is 0 Å². The number of nitrogens with one attached hydrogen (secondary N) is 1. The Balaban J connectivity index is 1.93. The first-order valence-electron chi connectivity index (χ1n) is 5.88. The van der Waals surface area contributed by atoms with E-state index in [1.54, 1.807) is 12.1 Å². The first kappa shape index (κ1) is 12.9. The molecular formula is C14H10BrFN2O2. The minimum atomic E-state index is -0.369. The van der Waals surface area contributed by atoms with Gasteiger partial charge in [-0.25, -0.2) is 4.39 Å². The van der Waals surface area contributed by atoms with Crippen LogP contribution in [0.3, 0.4) is 0 Å². The molecule has 2 aromatic carbocycles. The molecule has 1 amide bonds. The van der Waals surface area contributed by atoms with E-state index in [9.17, 15) is 9.18 Å². The summed E-state index contributed by atoms with van der Waals surface area (Å²) >= 11 is 3.09. The zero-order chi connectivity index (χ0) is 14.3. The SMILES string of the molecule is Nc1cc2c(cc1Oc1ccc(F)c(Br)c1)NC(=O)C2. The highest BCUT2D eigenvalue weighted by atomic mass is 79.9. The normalized spacial score (nSPS) is 13.0. The van der Waals surface area contributed by atoms with E-state index in [4.69, 9.17) is 10.5 Å². The molecule has 0 fully saturated rings. The zero-order valence-electron chi connectivity index (χ0n) is 10.2. The quantitative estimate of drug-likeness (QED) is 0.825. The van der Waals surface area contributed by atoms with Crippen molar-refractivity contribution >= 4 is 33.2 Å². The van der Waals surface area contributed by atoms with Gasteiger partial charge in [0.2, 0.25) is 5.91 Å². The summed E-state index contributed by atoms with van der Waals surface area (Å²) in [7, 11) is 0. The van der Waals surface area contributed by atoms with Crippen LogP contribution in [-0.2, 0) is 11.2 Å². The van der Waals surface area contributed by atoms with Gasteiger partial charge in [-0.2, -0.15) is 0 Å². The number of amides is 1. The molecule has 2 aromatic rings. The molecule has 0 radical (unpaired) electrons. The fourth-order valence-corrected chi connectivity index (χ4v) is 2.39. The van der Waals surface area contributed by atoms with E-state index in [0.717, 1.165) is 5.56 Å². The van der Waals surface area contributed by atoms with Gasteiger partial charge in [0, 0.05) is 11.8 Å². The molecule has 20 heavy (non-hydrogen) atoms. The number of hydrogen-bond donors (Lipinski definition) is 2. The molecule has 0 aromatic heterocycles. The largest absolute Gasteiger partial charge is 0.455 e. The molecule has 0 bridgehead atoms. The molecule has 1 aliphatic rings. The molecule has 6 heteroatoms. The Morgan fingerprint density at radius 2 is 2.10 bits per heavy atom. The predicted molar refractivity (Wildman–Crippen MR) is 77.4 cm³/mol. The molecular weight excluding hydrogens is 327 g/mol. The van der Waals surface area contributed by atoms with Crippen LogP contribution in [0.5, 0.6) is 11.5 Å². The summed E-state index contributed by atoms with van der Waals surface area (Å²) in [5.74, 6) is 0.436. The number of hydrogen-bond acceptors (Lipinski definition) is 3. The lowest BCUT2D eigenvalue weighted by Gasteiger charge is -2.11. The monoisotopic (exact) mass is 336 g/mol. The molecule has 1 aliphatic heterocycles. The predicted octanol–water partition coefficient (Wildman–Crippen LogP) is 3.46. The second-order valence-corrected chi connectivity index (χ2v) is 5.30. The maximum atomic E-state index is 13.2. The Bertz CT molecular complexity index is 719. The molecule has 1 heterocycles. The van der Waals surface area contributed by atoms with E-state index in [-0.39, 0.29) is 11.7 Å². The van der Waals surface area contributed by atoms with Gasteiger partial charge < -0.3 is 15.8 Å². The van der Waals surface area contributed by atoms with Crippen molar-refractivity contribution < 1.29 is 13.9 Å². The summed E-state index contributed by atoms with van der Waals surface area (Å²) in [5.41, 5.74) is 7.88. The van der Waals surface area contributed by atoms with E-state index in [1.807, 2.05) is 0 Å². The van der Waals surface area contributed by atoms with Crippen LogP contribution >= 0.6 is 15.9 Å². The lowest BCUT2D eigenvalue weighted by atomic mass is 10.1. The summed E-state index contributed by atoms with van der Waals surface area (Å²) in [4.78, 5) is 11.3. The number of carbonyl (C=O) groups excluding carboxylic acids is 1. The van der Waals surface area contributed by atoms with Crippen LogP contribution in [0.15, 0.2) is 34.8 Å². The Morgan fingerprint density at radius 1 is 1.30 bits per heavy atom. The van der Waals surface area contributed by atoms with Crippen LogP contribution in [0, 0.1) is 5.82 Å². The van der Waals surface area contributed by atoms with E-state index < -0.39 is 0 Å². The van der Waals surface area contributed by atoms with Gasteiger partial charge >= 0.3 is 0 Å². The van der Waals surface area contributed by atoms with Crippen molar-refractivity contribution in [2.45, 2.75) is 6.42 Å². The minimum Gasteiger partial charge on any atom is -0.455 e. The number of nitrogen functional groups attached to an aromatic ring is 1. The Morgan fingerprint density at radius 3 is 2.85 bits per heavy atom. The van der Waals surface area contributed by atoms with Gasteiger partial charge in [-0.05, 0) is 45.8 Å². The summed E-state index contributed by atoms with van der Waals surface area (Å²) in [6, 6.07) is 7.70. The standard InChI is InChI=1S/C14H10BrFN2O2/c15-9-5-8(1-2-10(9)16)20-13-6-12-7(3-11(13)17)4-14(19)18-12/h1-3,5-6H,4,17H2,(H,18,19). The Labute approximate surface area is 122 Å². The number of halogens is 2. The summed E-state index contributed by atoms with van der Waals surface area (Å²) in [5, 5.41) is 2.73. The number of nitrogens with two attached hydrogens (primary N) is 1. The van der Waals surface area contributed by atoms with E-state index in [0.29, 0.717) is 33.8 Å². The highest BCUT2D eigenvalue weighted by molar-refractivity contribution is 9.10. The average molecular weight is 337 g/mol. The maximum Gasteiger partial charge on any atom is 0.228 e. The first-order chi connectivity index (χ1) is 9.52. The van der Waals surface area contributed by atoms with Crippen molar-refractivity contribution in [1.29, 1.82) is 0 Å². The molecule has 0 unspecified atom stereocenters. The lowest BCUT2D eigenvalue weighted by Crippen LogP contribution is -2.03. The van der Waals surface area contributed by atoms with Crippen molar-refractivity contribution in [2.24, 2.45) is 0 Å². The first-order valence-corrected chi connectivity index (χ1v) is 6.67. The fourth-order valence-electron chi connectivity index (χ4n) is 2.03. The van der Waals surface area contributed by atoms with Gasteiger partial charge in [0.05, 0.1) is 16.6 Å². The van der Waals surface area contributed by atoms with E-state index in [1.165, 1.54) is 18.2 Å². The topological polar surface area (TPSA) is 64.3 Å². The molecule has 0 saturated heterocycles. The van der Waals surface area contributed by atoms with Crippen molar-refractivity contribution in [3.8, 4) is 11.5 Å². The smallest absolute Gasteiger partial charge is 0.228 e. The second-order valence-electron chi connectivity index (χ2n) is 4.45. The molecule has 0 spiro atoms. The van der Waals surface area contributed by atoms with Crippen molar-refractivity contribution in [3.05, 3.63) is 46.2 Å². The highest BCUT2D eigenvalue weighted by Gasteiger charge is 2.20. The second kappa shape index (κ2) is 4.79. The molecule has 0 aliphatic carbocycles. The van der Waals surface area contributed by atoms with Gasteiger partial charge in [-0.1, -0.05) is 0 Å². The van der Waals surface area contributed by atoms with Crippen LogP contribution in [0.1, 0.15) is 5.56 Å². The lowest BCUT2D eigenvalue weighted by molar-refractivity contribution is -0.115. The fraction of sp³-hybridized carbons (Fsp3) is 0.0714. The van der Waals surface area contributed by atoms with Crippen molar-refractivity contribution in [1.82, 2.24) is 0 Å². The number of ether oxygens (including phenoxy) is 1.